The van der Waals surface area contributed by atoms with Gasteiger partial charge in [0.25, 0.3) is 0 Å². The van der Waals surface area contributed by atoms with Crippen molar-refractivity contribution in [1.82, 2.24) is 9.97 Å². The average molecular weight is 278 g/mol. The van der Waals surface area contributed by atoms with Crippen LogP contribution < -0.4 is 0 Å². The van der Waals surface area contributed by atoms with Crippen molar-refractivity contribution in [2.75, 3.05) is 20.3 Å². The van der Waals surface area contributed by atoms with Crippen LogP contribution >= 0.6 is 0 Å². The van der Waals surface area contributed by atoms with E-state index in [2.05, 4.69) is 9.97 Å². The molecule has 1 unspecified atom stereocenters. The summed E-state index contributed by atoms with van der Waals surface area (Å²) in [6, 6.07) is 0. The third-order valence-electron chi connectivity index (χ3n) is 3.23. The molecule has 0 spiro atoms. The fraction of sp³-hybridized carbons (Fsp3) is 0.750. The summed E-state index contributed by atoms with van der Waals surface area (Å²) in [5.41, 5.74) is 1.34. The van der Waals surface area contributed by atoms with Crippen molar-refractivity contribution in [1.29, 1.82) is 0 Å². The monoisotopic (exact) mass is 278 g/mol. The van der Waals surface area contributed by atoms with Crippen molar-refractivity contribution < 1.29 is 22.6 Å². The Hall–Kier alpha value is -1.08. The highest BCUT2D eigenvalue weighted by atomic mass is 19.4. The number of aryl methyl sites for hydroxylation is 1. The minimum absolute atomic E-state index is 0.0100. The Labute approximate surface area is 109 Å². The lowest BCUT2D eigenvalue weighted by atomic mass is 9.89. The molecular weight excluding hydrogens is 261 g/mol. The largest absolute Gasteiger partial charge is 0.392 e. The van der Waals surface area contributed by atoms with Gasteiger partial charge in [0.1, 0.15) is 12.4 Å². The summed E-state index contributed by atoms with van der Waals surface area (Å²) >= 11 is 0. The first-order valence-electron chi connectivity index (χ1n) is 6.20. The van der Waals surface area contributed by atoms with Crippen LogP contribution in [0, 0.1) is 5.92 Å². The third kappa shape index (κ3) is 3.70. The fourth-order valence-electron chi connectivity index (χ4n) is 2.20. The third-order valence-corrected chi connectivity index (χ3v) is 3.23. The lowest BCUT2D eigenvalue weighted by Gasteiger charge is -2.23. The summed E-state index contributed by atoms with van der Waals surface area (Å²) in [5, 5.41) is 0. The maximum Gasteiger partial charge on any atom is 0.392 e. The molecule has 4 nitrogen and oxygen atoms in total. The van der Waals surface area contributed by atoms with E-state index < -0.39 is 12.1 Å². The first kappa shape index (κ1) is 14.3. The van der Waals surface area contributed by atoms with Crippen LogP contribution in [0.15, 0.2) is 0 Å². The Bertz CT molecular complexity index is 418. The second kappa shape index (κ2) is 5.92. The average Bonchev–Trinajstić information content (AvgIpc) is 2.75. The molecule has 1 aromatic heterocycles. The van der Waals surface area contributed by atoms with E-state index in [0.717, 1.165) is 5.69 Å². The molecule has 1 heterocycles. The molecule has 0 saturated heterocycles. The summed E-state index contributed by atoms with van der Waals surface area (Å²) in [7, 11) is 1.58. The summed E-state index contributed by atoms with van der Waals surface area (Å²) in [6.07, 6.45) is -3.65. The van der Waals surface area contributed by atoms with E-state index in [9.17, 15) is 13.2 Å². The minimum atomic E-state index is -4.13. The topological polar surface area (TPSA) is 47.1 Å². The van der Waals surface area contributed by atoms with Gasteiger partial charge in [-0.25, -0.2) is 4.98 Å². The molecule has 1 aliphatic rings. The number of fused-ring (bicyclic) bond motifs is 1. The van der Waals surface area contributed by atoms with Gasteiger partial charge in [0, 0.05) is 19.2 Å². The van der Waals surface area contributed by atoms with E-state index in [4.69, 9.17) is 9.47 Å². The van der Waals surface area contributed by atoms with E-state index >= 15 is 0 Å². The summed E-state index contributed by atoms with van der Waals surface area (Å²) in [5.74, 6) is -0.674. The summed E-state index contributed by atoms with van der Waals surface area (Å²) < 4.78 is 48.1. The van der Waals surface area contributed by atoms with Gasteiger partial charge >= 0.3 is 6.18 Å². The number of H-pyrrole nitrogens is 1. The molecule has 0 aliphatic heterocycles. The van der Waals surface area contributed by atoms with Crippen LogP contribution in [0.2, 0.25) is 0 Å². The first-order valence-corrected chi connectivity index (χ1v) is 6.20. The Morgan fingerprint density at radius 2 is 2.16 bits per heavy atom. The molecule has 0 saturated carbocycles. The van der Waals surface area contributed by atoms with Crippen molar-refractivity contribution in [3.63, 3.8) is 0 Å². The second-order valence-electron chi connectivity index (χ2n) is 4.64. The highest BCUT2D eigenvalue weighted by Gasteiger charge is 2.41. The van der Waals surface area contributed by atoms with Gasteiger partial charge in [-0.15, -0.1) is 0 Å². The number of aromatic nitrogens is 2. The van der Waals surface area contributed by atoms with Crippen molar-refractivity contribution >= 4 is 0 Å². The molecule has 7 heteroatoms. The zero-order valence-electron chi connectivity index (χ0n) is 10.7. The molecule has 0 fully saturated rings. The summed E-state index contributed by atoms with van der Waals surface area (Å²) in [6.45, 7) is 1.19. The SMILES string of the molecule is COCCOCc1nc2c([nH]1)CC(C(F)(F)F)CC2. The number of rotatable bonds is 5. The molecule has 108 valence electrons. The number of hydrogen-bond donors (Lipinski definition) is 1. The number of imidazole rings is 1. The normalized spacial score (nSPS) is 19.5. The molecular formula is C12H17F3N2O2. The van der Waals surface area contributed by atoms with Crippen LogP contribution in [0.4, 0.5) is 13.2 Å². The molecule has 19 heavy (non-hydrogen) atoms. The molecule has 2 rings (SSSR count). The van der Waals surface area contributed by atoms with Crippen LogP contribution in [-0.2, 0) is 28.9 Å². The van der Waals surface area contributed by atoms with Crippen LogP contribution in [0.5, 0.6) is 0 Å². The number of aromatic amines is 1. The maximum atomic E-state index is 12.7. The van der Waals surface area contributed by atoms with E-state index in [1.54, 1.807) is 7.11 Å². The van der Waals surface area contributed by atoms with Crippen LogP contribution in [0.3, 0.4) is 0 Å². The molecule has 0 radical (unpaired) electrons. The number of ether oxygens (including phenoxy) is 2. The van der Waals surface area contributed by atoms with Crippen LogP contribution in [0.25, 0.3) is 0 Å². The standard InChI is InChI=1S/C12H17F3N2O2/c1-18-4-5-19-7-11-16-9-3-2-8(12(13,14)15)6-10(9)17-11/h8H,2-7H2,1H3,(H,16,17). The van der Waals surface area contributed by atoms with Gasteiger partial charge in [0.15, 0.2) is 0 Å². The van der Waals surface area contributed by atoms with Gasteiger partial charge in [0.05, 0.1) is 24.8 Å². The quantitative estimate of drug-likeness (QED) is 0.840. The van der Waals surface area contributed by atoms with E-state index in [-0.39, 0.29) is 19.4 Å². The van der Waals surface area contributed by atoms with Crippen molar-refractivity contribution in [2.45, 2.75) is 32.0 Å². The predicted molar refractivity (Wildman–Crippen MR) is 61.7 cm³/mol. The number of nitrogens with zero attached hydrogens (tertiary/aromatic N) is 1. The lowest BCUT2D eigenvalue weighted by molar-refractivity contribution is -0.177. The highest BCUT2D eigenvalue weighted by Crippen LogP contribution is 2.36. The van der Waals surface area contributed by atoms with Gasteiger partial charge in [-0.3, -0.25) is 0 Å². The van der Waals surface area contributed by atoms with Gasteiger partial charge in [-0.05, 0) is 12.8 Å². The molecule has 1 N–H and O–H groups in total. The van der Waals surface area contributed by atoms with Gasteiger partial charge in [-0.2, -0.15) is 13.2 Å². The lowest BCUT2D eigenvalue weighted by Crippen LogP contribution is -2.28. The first-order chi connectivity index (χ1) is 9.00. The molecule has 0 amide bonds. The second-order valence-corrected chi connectivity index (χ2v) is 4.64. The van der Waals surface area contributed by atoms with Gasteiger partial charge in [0.2, 0.25) is 0 Å². The van der Waals surface area contributed by atoms with Crippen LogP contribution in [-0.4, -0.2) is 36.5 Å². The maximum absolute atomic E-state index is 12.7. The number of nitrogens with one attached hydrogen (secondary N) is 1. The predicted octanol–water partition coefficient (Wildman–Crippen LogP) is 2.24. The smallest absolute Gasteiger partial charge is 0.382 e. The zero-order chi connectivity index (χ0) is 13.9. The van der Waals surface area contributed by atoms with Crippen molar-refractivity contribution in [3.8, 4) is 0 Å². The van der Waals surface area contributed by atoms with Crippen molar-refractivity contribution in [3.05, 3.63) is 17.2 Å². The Morgan fingerprint density at radius 1 is 1.37 bits per heavy atom. The van der Waals surface area contributed by atoms with Gasteiger partial charge < -0.3 is 14.5 Å². The minimum Gasteiger partial charge on any atom is -0.382 e. The molecule has 0 bridgehead atoms. The van der Waals surface area contributed by atoms with Crippen LogP contribution in [0.1, 0.15) is 23.6 Å². The fourth-order valence-corrected chi connectivity index (χ4v) is 2.20. The summed E-state index contributed by atoms with van der Waals surface area (Å²) in [4.78, 5) is 7.21. The van der Waals surface area contributed by atoms with E-state index in [1.165, 1.54) is 0 Å². The molecule has 0 aromatic carbocycles. The number of alkyl halides is 3. The Morgan fingerprint density at radius 3 is 2.84 bits per heavy atom. The number of hydrogen-bond acceptors (Lipinski definition) is 3. The van der Waals surface area contributed by atoms with E-state index in [0.29, 0.717) is 31.2 Å². The molecule has 1 aromatic rings. The number of methoxy groups -OCH3 is 1. The Kier molecular flexibility index (Phi) is 4.46. The van der Waals surface area contributed by atoms with Crippen molar-refractivity contribution in [2.24, 2.45) is 5.92 Å². The zero-order valence-corrected chi connectivity index (χ0v) is 10.7. The highest BCUT2D eigenvalue weighted by molar-refractivity contribution is 5.19. The molecule has 1 aliphatic carbocycles. The number of halogens is 3. The van der Waals surface area contributed by atoms with E-state index in [1.807, 2.05) is 0 Å². The Balaban J connectivity index is 1.93. The van der Waals surface area contributed by atoms with Gasteiger partial charge in [-0.1, -0.05) is 0 Å². The molecule has 1 atom stereocenters.